The molecule has 0 aliphatic carbocycles. The summed E-state index contributed by atoms with van der Waals surface area (Å²) in [6.45, 7) is 0.213. The van der Waals surface area contributed by atoms with Crippen molar-refractivity contribution in [3.05, 3.63) is 42.1 Å². The first-order chi connectivity index (χ1) is 13.5. The van der Waals surface area contributed by atoms with Gasteiger partial charge in [0.25, 0.3) is 0 Å². The lowest BCUT2D eigenvalue weighted by Gasteiger charge is -2.10. The molecular weight excluding hydrogens is 364 g/mol. The first-order valence-electron chi connectivity index (χ1n) is 8.43. The van der Waals surface area contributed by atoms with Crippen LogP contribution >= 0.6 is 0 Å². The number of nitrogens with one attached hydrogen (secondary N) is 1. The van der Waals surface area contributed by atoms with Gasteiger partial charge in [0.1, 0.15) is 17.5 Å². The topological polar surface area (TPSA) is 149 Å². The quantitative estimate of drug-likeness (QED) is 0.398. The normalized spacial score (nSPS) is 10.7. The number of rotatable bonds is 8. The highest BCUT2D eigenvalue weighted by Gasteiger charge is 2.24. The molecular formula is C19H16N4O5. The van der Waals surface area contributed by atoms with Gasteiger partial charge in [-0.05, 0) is 41.8 Å². The molecule has 3 rings (SSSR count). The van der Waals surface area contributed by atoms with Crippen molar-refractivity contribution in [1.29, 1.82) is 5.26 Å². The number of nitriles is 1. The third-order valence-electron chi connectivity index (χ3n) is 4.24. The van der Waals surface area contributed by atoms with E-state index in [1.807, 2.05) is 36.4 Å². The van der Waals surface area contributed by atoms with E-state index in [9.17, 15) is 9.59 Å². The van der Waals surface area contributed by atoms with Crippen LogP contribution in [0.3, 0.4) is 0 Å². The summed E-state index contributed by atoms with van der Waals surface area (Å²) in [6, 6.07) is 13.0. The molecule has 142 valence electrons. The molecule has 9 nitrogen and oxygen atoms in total. The van der Waals surface area contributed by atoms with Crippen LogP contribution in [-0.4, -0.2) is 44.2 Å². The van der Waals surface area contributed by atoms with Crippen LogP contribution < -0.4 is 4.74 Å². The highest BCUT2D eigenvalue weighted by atomic mass is 16.5. The van der Waals surface area contributed by atoms with E-state index in [-0.39, 0.29) is 18.7 Å². The SMILES string of the molecule is N#Cc1n[nH]nc1-c1ccc2cc(OCCCC(C(=O)O)C(=O)O)ccc2c1. The first-order valence-corrected chi connectivity index (χ1v) is 8.43. The van der Waals surface area contributed by atoms with Crippen LogP contribution in [0.4, 0.5) is 0 Å². The Morgan fingerprint density at radius 1 is 1.11 bits per heavy atom. The highest BCUT2D eigenvalue weighted by Crippen LogP contribution is 2.27. The molecule has 28 heavy (non-hydrogen) atoms. The van der Waals surface area contributed by atoms with Crippen LogP contribution in [-0.2, 0) is 9.59 Å². The summed E-state index contributed by atoms with van der Waals surface area (Å²) in [5.41, 5.74) is 1.47. The number of ether oxygens (including phenoxy) is 1. The van der Waals surface area contributed by atoms with Crippen molar-refractivity contribution in [3.8, 4) is 23.1 Å². The van der Waals surface area contributed by atoms with Crippen molar-refractivity contribution in [3.63, 3.8) is 0 Å². The number of aliphatic carboxylic acids is 2. The molecule has 0 saturated carbocycles. The zero-order valence-corrected chi connectivity index (χ0v) is 14.6. The Balaban J connectivity index is 1.66. The van der Waals surface area contributed by atoms with E-state index in [2.05, 4.69) is 15.4 Å². The number of fused-ring (bicyclic) bond motifs is 1. The van der Waals surface area contributed by atoms with Crippen LogP contribution in [0.2, 0.25) is 0 Å². The lowest BCUT2D eigenvalue weighted by molar-refractivity contribution is -0.154. The Kier molecular flexibility index (Phi) is 5.50. The Morgan fingerprint density at radius 3 is 2.54 bits per heavy atom. The summed E-state index contributed by atoms with van der Waals surface area (Å²) in [5, 5.41) is 38.8. The van der Waals surface area contributed by atoms with Crippen molar-refractivity contribution in [1.82, 2.24) is 15.4 Å². The van der Waals surface area contributed by atoms with Gasteiger partial charge in [-0.15, -0.1) is 5.10 Å². The maximum absolute atomic E-state index is 10.9. The number of benzene rings is 2. The van der Waals surface area contributed by atoms with Crippen molar-refractivity contribution < 1.29 is 24.5 Å². The summed E-state index contributed by atoms with van der Waals surface area (Å²) in [5.74, 6) is -3.52. The molecule has 0 bridgehead atoms. The zero-order valence-electron chi connectivity index (χ0n) is 14.6. The zero-order chi connectivity index (χ0) is 20.1. The highest BCUT2D eigenvalue weighted by molar-refractivity contribution is 5.92. The molecule has 0 amide bonds. The second-order valence-corrected chi connectivity index (χ2v) is 6.08. The van der Waals surface area contributed by atoms with Crippen molar-refractivity contribution >= 4 is 22.7 Å². The molecule has 0 aliphatic heterocycles. The van der Waals surface area contributed by atoms with Gasteiger partial charge in [0.2, 0.25) is 0 Å². The Hall–Kier alpha value is -3.93. The van der Waals surface area contributed by atoms with Gasteiger partial charge in [0, 0.05) is 5.56 Å². The number of hydrogen-bond donors (Lipinski definition) is 3. The van der Waals surface area contributed by atoms with E-state index >= 15 is 0 Å². The molecule has 0 fully saturated rings. The van der Waals surface area contributed by atoms with Gasteiger partial charge < -0.3 is 14.9 Å². The molecule has 3 N–H and O–H groups in total. The predicted molar refractivity (Wildman–Crippen MR) is 97.5 cm³/mol. The fourth-order valence-corrected chi connectivity index (χ4v) is 2.80. The van der Waals surface area contributed by atoms with Gasteiger partial charge in [-0.2, -0.15) is 15.6 Å². The molecule has 1 aromatic heterocycles. The summed E-state index contributed by atoms with van der Waals surface area (Å²) in [4.78, 5) is 21.7. The Labute approximate surface area is 159 Å². The van der Waals surface area contributed by atoms with Crippen LogP contribution in [0.5, 0.6) is 5.75 Å². The number of carboxylic acid groups (broad SMARTS) is 2. The van der Waals surface area contributed by atoms with Gasteiger partial charge >= 0.3 is 11.9 Å². The van der Waals surface area contributed by atoms with Gasteiger partial charge in [0.05, 0.1) is 6.61 Å². The van der Waals surface area contributed by atoms with E-state index in [1.54, 1.807) is 6.07 Å². The molecule has 1 heterocycles. The largest absolute Gasteiger partial charge is 0.494 e. The molecule has 9 heteroatoms. The van der Waals surface area contributed by atoms with Crippen molar-refractivity contribution in [2.45, 2.75) is 12.8 Å². The van der Waals surface area contributed by atoms with Crippen molar-refractivity contribution in [2.75, 3.05) is 6.61 Å². The van der Waals surface area contributed by atoms with Crippen LogP contribution in [0, 0.1) is 17.2 Å². The predicted octanol–water partition coefficient (Wildman–Crippen LogP) is 2.44. The second-order valence-electron chi connectivity index (χ2n) is 6.08. The first kappa shape index (κ1) is 18.8. The molecule has 0 unspecified atom stereocenters. The Bertz CT molecular complexity index is 1060. The van der Waals surface area contributed by atoms with Crippen molar-refractivity contribution in [2.24, 2.45) is 5.92 Å². The maximum atomic E-state index is 10.9. The lowest BCUT2D eigenvalue weighted by Crippen LogP contribution is -2.23. The van der Waals surface area contributed by atoms with Gasteiger partial charge in [-0.3, -0.25) is 9.59 Å². The summed E-state index contributed by atoms with van der Waals surface area (Å²) < 4.78 is 5.61. The van der Waals surface area contributed by atoms with Crippen LogP contribution in [0.25, 0.3) is 22.0 Å². The monoisotopic (exact) mass is 380 g/mol. The van der Waals surface area contributed by atoms with E-state index in [0.29, 0.717) is 17.9 Å². The fourth-order valence-electron chi connectivity index (χ4n) is 2.80. The molecule has 2 aromatic carbocycles. The number of aromatic nitrogens is 3. The lowest BCUT2D eigenvalue weighted by atomic mass is 10.0. The fraction of sp³-hybridized carbons (Fsp3) is 0.211. The van der Waals surface area contributed by atoms with Crippen LogP contribution in [0.1, 0.15) is 18.5 Å². The van der Waals surface area contributed by atoms with E-state index in [0.717, 1.165) is 16.3 Å². The standard InChI is InChI=1S/C19H16N4O5/c20-10-16-17(22-23-21-16)13-4-3-12-9-14(6-5-11(12)8-13)28-7-1-2-15(18(24)25)19(26)27/h3-6,8-9,15H,1-2,7H2,(H,24,25)(H,26,27)(H,21,22,23). The minimum Gasteiger partial charge on any atom is -0.494 e. The summed E-state index contributed by atoms with van der Waals surface area (Å²) in [6.07, 6.45) is 0.309. The minimum absolute atomic E-state index is 0.000530. The molecule has 3 aromatic rings. The third-order valence-corrected chi connectivity index (χ3v) is 4.24. The van der Waals surface area contributed by atoms with E-state index in [4.69, 9.17) is 20.2 Å². The number of carbonyl (C=O) groups is 2. The van der Waals surface area contributed by atoms with Gasteiger partial charge in [-0.1, -0.05) is 18.2 Å². The van der Waals surface area contributed by atoms with Crippen LogP contribution in [0.15, 0.2) is 36.4 Å². The third kappa shape index (κ3) is 4.07. The molecule has 0 saturated heterocycles. The molecule has 0 radical (unpaired) electrons. The maximum Gasteiger partial charge on any atom is 0.317 e. The molecule has 0 atom stereocenters. The smallest absolute Gasteiger partial charge is 0.317 e. The van der Waals surface area contributed by atoms with Gasteiger partial charge in [-0.25, -0.2) is 0 Å². The number of H-pyrrole nitrogens is 1. The minimum atomic E-state index is -1.42. The average molecular weight is 380 g/mol. The molecule has 0 spiro atoms. The number of hydrogen-bond acceptors (Lipinski definition) is 6. The summed E-state index contributed by atoms with van der Waals surface area (Å²) >= 11 is 0. The number of carboxylic acids is 2. The number of aromatic amines is 1. The molecule has 0 aliphatic rings. The Morgan fingerprint density at radius 2 is 1.82 bits per heavy atom. The van der Waals surface area contributed by atoms with Gasteiger partial charge in [0.15, 0.2) is 11.6 Å². The second kappa shape index (κ2) is 8.18. The number of nitrogens with zero attached hydrogens (tertiary/aromatic N) is 3. The van der Waals surface area contributed by atoms with E-state index < -0.39 is 17.9 Å². The average Bonchev–Trinajstić information content (AvgIpc) is 3.15. The summed E-state index contributed by atoms with van der Waals surface area (Å²) in [7, 11) is 0. The van der Waals surface area contributed by atoms with E-state index in [1.165, 1.54) is 0 Å².